The third-order valence-corrected chi connectivity index (χ3v) is 1.86. The molecule has 0 aliphatic heterocycles. The van der Waals surface area contributed by atoms with Crippen molar-refractivity contribution in [3.8, 4) is 24.7 Å². The second-order valence-corrected chi connectivity index (χ2v) is 2.58. The number of rotatable bonds is 2. The minimum atomic E-state index is -1.21. The zero-order chi connectivity index (χ0) is 9.73. The second-order valence-electron chi connectivity index (χ2n) is 2.58. The van der Waals surface area contributed by atoms with Crippen molar-refractivity contribution in [3.63, 3.8) is 0 Å². The summed E-state index contributed by atoms with van der Waals surface area (Å²) < 4.78 is 0. The maximum atomic E-state index is 10.8. The molecule has 13 heavy (non-hydrogen) atoms. The van der Waals surface area contributed by atoms with E-state index < -0.39 is 5.41 Å². The molecule has 0 spiro atoms. The summed E-state index contributed by atoms with van der Waals surface area (Å²) in [6, 6.07) is 8.92. The van der Waals surface area contributed by atoms with Gasteiger partial charge in [-0.05, 0) is 5.56 Å². The summed E-state index contributed by atoms with van der Waals surface area (Å²) in [4.78, 5) is 10.8. The second kappa shape index (κ2) is 3.61. The SMILES string of the molecule is C#CC(C#C)(C=O)c1ccccc1. The Morgan fingerprint density at radius 2 is 1.69 bits per heavy atom. The van der Waals surface area contributed by atoms with Gasteiger partial charge in [0.2, 0.25) is 0 Å². The summed E-state index contributed by atoms with van der Waals surface area (Å²) in [7, 11) is 0. The Morgan fingerprint density at radius 1 is 1.15 bits per heavy atom. The number of aldehydes is 1. The first-order chi connectivity index (χ1) is 6.29. The maximum absolute atomic E-state index is 10.8. The Labute approximate surface area is 77.8 Å². The van der Waals surface area contributed by atoms with Gasteiger partial charge in [-0.2, -0.15) is 0 Å². The summed E-state index contributed by atoms with van der Waals surface area (Å²) in [6.07, 6.45) is 11.1. The molecular formula is C12H8O. The van der Waals surface area contributed by atoms with Gasteiger partial charge >= 0.3 is 0 Å². The lowest BCUT2D eigenvalue weighted by molar-refractivity contribution is -0.109. The lowest BCUT2D eigenvalue weighted by atomic mass is 9.84. The summed E-state index contributed by atoms with van der Waals surface area (Å²) in [5, 5.41) is 0. The van der Waals surface area contributed by atoms with E-state index in [0.29, 0.717) is 11.8 Å². The summed E-state index contributed by atoms with van der Waals surface area (Å²) >= 11 is 0. The van der Waals surface area contributed by atoms with Crippen LogP contribution in [0.5, 0.6) is 0 Å². The molecular weight excluding hydrogens is 160 g/mol. The van der Waals surface area contributed by atoms with Gasteiger partial charge in [-0.15, -0.1) is 12.8 Å². The zero-order valence-electron chi connectivity index (χ0n) is 7.03. The lowest BCUT2D eigenvalue weighted by Gasteiger charge is -2.14. The molecule has 0 saturated carbocycles. The Hall–Kier alpha value is -1.99. The molecule has 1 aromatic rings. The Bertz CT molecular complexity index is 362. The Kier molecular flexibility index (Phi) is 2.52. The van der Waals surface area contributed by atoms with Crippen LogP contribution in [0.1, 0.15) is 5.56 Å². The largest absolute Gasteiger partial charge is 0.300 e. The van der Waals surface area contributed by atoms with Crippen molar-refractivity contribution >= 4 is 6.29 Å². The van der Waals surface area contributed by atoms with Crippen molar-refractivity contribution < 1.29 is 4.79 Å². The van der Waals surface area contributed by atoms with Crippen LogP contribution in [0.15, 0.2) is 30.3 Å². The van der Waals surface area contributed by atoms with E-state index in [1.807, 2.05) is 6.07 Å². The summed E-state index contributed by atoms with van der Waals surface area (Å²) in [5.41, 5.74) is -0.545. The molecule has 0 radical (unpaired) electrons. The van der Waals surface area contributed by atoms with Crippen LogP contribution in [-0.4, -0.2) is 6.29 Å². The average molecular weight is 168 g/mol. The van der Waals surface area contributed by atoms with Crippen LogP contribution in [0.25, 0.3) is 0 Å². The van der Waals surface area contributed by atoms with E-state index in [1.165, 1.54) is 0 Å². The standard InChI is InChI=1S/C12H8O/c1-3-12(4-2,10-13)11-8-6-5-7-9-11/h1-2,5-10H. The van der Waals surface area contributed by atoms with Gasteiger partial charge in [0.1, 0.15) is 0 Å². The van der Waals surface area contributed by atoms with Gasteiger partial charge in [0.05, 0.1) is 0 Å². The summed E-state index contributed by atoms with van der Waals surface area (Å²) in [5.74, 6) is 4.65. The maximum Gasteiger partial charge on any atom is 0.171 e. The monoisotopic (exact) mass is 168 g/mol. The molecule has 62 valence electrons. The molecule has 1 heteroatoms. The van der Waals surface area contributed by atoms with E-state index in [2.05, 4.69) is 11.8 Å². The van der Waals surface area contributed by atoms with Gasteiger partial charge in [-0.3, -0.25) is 0 Å². The molecule has 0 unspecified atom stereocenters. The van der Waals surface area contributed by atoms with Gasteiger partial charge in [0.25, 0.3) is 0 Å². The quantitative estimate of drug-likeness (QED) is 0.481. The number of terminal acetylenes is 2. The lowest BCUT2D eigenvalue weighted by Crippen LogP contribution is -2.23. The highest BCUT2D eigenvalue weighted by atomic mass is 16.1. The topological polar surface area (TPSA) is 17.1 Å². The molecule has 0 fully saturated rings. The van der Waals surface area contributed by atoms with Crippen LogP contribution in [0.2, 0.25) is 0 Å². The van der Waals surface area contributed by atoms with Crippen molar-refractivity contribution in [1.29, 1.82) is 0 Å². The van der Waals surface area contributed by atoms with Crippen molar-refractivity contribution in [1.82, 2.24) is 0 Å². The van der Waals surface area contributed by atoms with Crippen molar-refractivity contribution in [3.05, 3.63) is 35.9 Å². The first kappa shape index (κ1) is 9.10. The number of carbonyl (C=O) groups is 1. The van der Waals surface area contributed by atoms with Gasteiger partial charge in [-0.25, -0.2) is 0 Å². The van der Waals surface area contributed by atoms with E-state index in [0.717, 1.165) is 0 Å². The molecule has 1 nitrogen and oxygen atoms in total. The predicted molar refractivity (Wildman–Crippen MR) is 51.9 cm³/mol. The minimum absolute atomic E-state index is 0.613. The van der Waals surface area contributed by atoms with Crippen LogP contribution in [-0.2, 0) is 10.2 Å². The van der Waals surface area contributed by atoms with E-state index in [-0.39, 0.29) is 0 Å². The van der Waals surface area contributed by atoms with Gasteiger partial charge in [-0.1, -0.05) is 42.2 Å². The molecule has 0 heterocycles. The third-order valence-electron chi connectivity index (χ3n) is 1.86. The number of carbonyl (C=O) groups excluding carboxylic acids is 1. The number of hydrogen-bond donors (Lipinski definition) is 0. The van der Waals surface area contributed by atoms with E-state index >= 15 is 0 Å². The van der Waals surface area contributed by atoms with Gasteiger partial charge in [0.15, 0.2) is 11.7 Å². The van der Waals surface area contributed by atoms with E-state index in [4.69, 9.17) is 12.8 Å². The van der Waals surface area contributed by atoms with Gasteiger partial charge in [0, 0.05) is 0 Å². The molecule has 1 aromatic carbocycles. The highest BCUT2D eigenvalue weighted by Gasteiger charge is 2.26. The normalized spacial score (nSPS) is 9.69. The Morgan fingerprint density at radius 3 is 2.08 bits per heavy atom. The third kappa shape index (κ3) is 1.45. The minimum Gasteiger partial charge on any atom is -0.300 e. The average Bonchev–Trinajstić information content (AvgIpc) is 2.23. The highest BCUT2D eigenvalue weighted by Crippen LogP contribution is 2.19. The fourth-order valence-electron chi connectivity index (χ4n) is 1.05. The van der Waals surface area contributed by atoms with Crippen LogP contribution in [0, 0.1) is 24.7 Å². The van der Waals surface area contributed by atoms with Crippen LogP contribution >= 0.6 is 0 Å². The fourth-order valence-corrected chi connectivity index (χ4v) is 1.05. The first-order valence-corrected chi connectivity index (χ1v) is 3.76. The van der Waals surface area contributed by atoms with Gasteiger partial charge < -0.3 is 4.79 Å². The van der Waals surface area contributed by atoms with Crippen molar-refractivity contribution in [2.45, 2.75) is 5.41 Å². The molecule has 0 N–H and O–H groups in total. The molecule has 0 aliphatic carbocycles. The molecule has 0 aromatic heterocycles. The first-order valence-electron chi connectivity index (χ1n) is 3.76. The molecule has 0 saturated heterocycles. The molecule has 0 aliphatic rings. The predicted octanol–water partition coefficient (Wildman–Crippen LogP) is 1.39. The zero-order valence-corrected chi connectivity index (χ0v) is 7.03. The molecule has 1 rings (SSSR count). The Balaban J connectivity index is 3.29. The summed E-state index contributed by atoms with van der Waals surface area (Å²) in [6.45, 7) is 0. The molecule has 0 atom stereocenters. The molecule has 0 amide bonds. The number of benzene rings is 1. The highest BCUT2D eigenvalue weighted by molar-refractivity contribution is 5.79. The van der Waals surface area contributed by atoms with Crippen LogP contribution in [0.4, 0.5) is 0 Å². The van der Waals surface area contributed by atoms with Crippen molar-refractivity contribution in [2.24, 2.45) is 0 Å². The van der Waals surface area contributed by atoms with Crippen molar-refractivity contribution in [2.75, 3.05) is 0 Å². The van der Waals surface area contributed by atoms with E-state index in [1.54, 1.807) is 24.3 Å². The molecule has 0 bridgehead atoms. The van der Waals surface area contributed by atoms with E-state index in [9.17, 15) is 4.79 Å². The number of hydrogen-bond acceptors (Lipinski definition) is 1. The van der Waals surface area contributed by atoms with Crippen LogP contribution in [0.3, 0.4) is 0 Å². The fraction of sp³-hybridized carbons (Fsp3) is 0.0833. The smallest absolute Gasteiger partial charge is 0.171 e. The van der Waals surface area contributed by atoms with Crippen LogP contribution < -0.4 is 0 Å².